The molecule has 0 saturated carbocycles. The molecule has 0 spiro atoms. The maximum absolute atomic E-state index is 8.53. The molecule has 1 aromatic rings. The van der Waals surface area contributed by atoms with Crippen molar-refractivity contribution in [1.29, 1.82) is 0 Å². The van der Waals surface area contributed by atoms with E-state index in [9.17, 15) is 0 Å². The highest BCUT2D eigenvalue weighted by Crippen LogP contribution is 2.17. The molecule has 1 rings (SSSR count). The molecule has 0 aliphatic rings. The van der Waals surface area contributed by atoms with Gasteiger partial charge in [0.1, 0.15) is 17.7 Å². The molecule has 1 unspecified atom stereocenters. The third-order valence-corrected chi connectivity index (χ3v) is 2.63. The number of hydrogen-bond acceptors (Lipinski definition) is 3. The van der Waals surface area contributed by atoms with Gasteiger partial charge in [-0.25, -0.2) is 0 Å². The number of nitrogens with zero attached hydrogens (tertiary/aromatic N) is 1. The third-order valence-electron chi connectivity index (χ3n) is 2.63. The zero-order chi connectivity index (χ0) is 12.7. The summed E-state index contributed by atoms with van der Waals surface area (Å²) in [5, 5.41) is 11.5. The molecule has 1 aromatic carbocycles. The number of aryl methyl sites for hydroxylation is 1. The Kier molecular flexibility index (Phi) is 5.33. The second-order valence-corrected chi connectivity index (χ2v) is 3.94. The summed E-state index contributed by atoms with van der Waals surface area (Å²) in [6, 6.07) is 7.99. The van der Waals surface area contributed by atoms with Crippen molar-refractivity contribution in [1.82, 2.24) is 0 Å². The van der Waals surface area contributed by atoms with Crippen molar-refractivity contribution >= 4 is 5.84 Å². The van der Waals surface area contributed by atoms with Crippen LogP contribution in [0.25, 0.3) is 0 Å². The summed E-state index contributed by atoms with van der Waals surface area (Å²) in [7, 11) is 0. The molecule has 0 radical (unpaired) electrons. The second-order valence-electron chi connectivity index (χ2n) is 3.94. The van der Waals surface area contributed by atoms with Crippen LogP contribution in [0, 0.1) is 0 Å². The van der Waals surface area contributed by atoms with Gasteiger partial charge >= 0.3 is 0 Å². The lowest BCUT2D eigenvalue weighted by atomic mass is 10.1. The molecule has 0 heterocycles. The highest BCUT2D eigenvalue weighted by atomic mass is 16.5. The third kappa shape index (κ3) is 4.34. The molecule has 1 atom stereocenters. The Morgan fingerprint density at radius 2 is 2.24 bits per heavy atom. The second kappa shape index (κ2) is 6.78. The van der Waals surface area contributed by atoms with Crippen LogP contribution in [0.2, 0.25) is 0 Å². The number of benzene rings is 1. The van der Waals surface area contributed by atoms with Crippen molar-refractivity contribution in [2.45, 2.75) is 39.2 Å². The molecular formula is C13H20N2O2. The van der Waals surface area contributed by atoms with Gasteiger partial charge in [-0.05, 0) is 30.5 Å². The summed E-state index contributed by atoms with van der Waals surface area (Å²) in [5.74, 6) is 1.03. The normalized spacial score (nSPS) is 13.4. The lowest BCUT2D eigenvalue weighted by Crippen LogP contribution is -2.24. The van der Waals surface area contributed by atoms with Crippen molar-refractivity contribution in [3.8, 4) is 5.75 Å². The summed E-state index contributed by atoms with van der Waals surface area (Å²) < 4.78 is 5.81. The van der Waals surface area contributed by atoms with Crippen molar-refractivity contribution in [2.75, 3.05) is 0 Å². The molecule has 0 aliphatic carbocycles. The van der Waals surface area contributed by atoms with Crippen LogP contribution in [0.1, 0.15) is 32.3 Å². The molecule has 0 fully saturated rings. The molecule has 4 heteroatoms. The van der Waals surface area contributed by atoms with Gasteiger partial charge in [-0.2, -0.15) is 0 Å². The maximum Gasteiger partial charge on any atom is 0.142 e. The van der Waals surface area contributed by atoms with Gasteiger partial charge in [-0.15, -0.1) is 0 Å². The summed E-state index contributed by atoms with van der Waals surface area (Å²) >= 11 is 0. The number of nitrogens with two attached hydrogens (primary N) is 1. The van der Waals surface area contributed by atoms with Crippen LogP contribution in [0.3, 0.4) is 0 Å². The van der Waals surface area contributed by atoms with Crippen LogP contribution in [0.15, 0.2) is 29.4 Å². The average Bonchev–Trinajstić information content (AvgIpc) is 2.37. The fourth-order valence-corrected chi connectivity index (χ4v) is 1.57. The molecule has 0 aromatic heterocycles. The first-order valence-corrected chi connectivity index (χ1v) is 5.91. The van der Waals surface area contributed by atoms with E-state index in [0.717, 1.165) is 18.6 Å². The minimum Gasteiger partial charge on any atom is -0.490 e. The van der Waals surface area contributed by atoms with E-state index in [1.165, 1.54) is 5.56 Å². The zero-order valence-electron chi connectivity index (χ0n) is 10.4. The molecule has 0 bridgehead atoms. The first-order valence-electron chi connectivity index (χ1n) is 5.91. The standard InChI is InChI=1S/C13H20N2O2/c1-3-10-6-5-7-12(8-10)17-11(4-2)9-13(14)15-16/h5-8,11,16H,3-4,9H2,1-2H3,(H2,14,15). The van der Waals surface area contributed by atoms with Gasteiger partial charge in [-0.3, -0.25) is 0 Å². The molecule has 0 amide bonds. The monoisotopic (exact) mass is 236 g/mol. The Morgan fingerprint density at radius 1 is 1.47 bits per heavy atom. The van der Waals surface area contributed by atoms with E-state index in [-0.39, 0.29) is 11.9 Å². The van der Waals surface area contributed by atoms with Gasteiger partial charge in [0, 0.05) is 6.42 Å². The van der Waals surface area contributed by atoms with E-state index in [4.69, 9.17) is 15.7 Å². The van der Waals surface area contributed by atoms with E-state index >= 15 is 0 Å². The predicted octanol–water partition coefficient (Wildman–Crippen LogP) is 2.54. The number of rotatable bonds is 6. The molecule has 94 valence electrons. The summed E-state index contributed by atoms with van der Waals surface area (Å²) in [4.78, 5) is 0. The number of oxime groups is 1. The maximum atomic E-state index is 8.53. The van der Waals surface area contributed by atoms with E-state index in [2.05, 4.69) is 18.1 Å². The molecule has 3 N–H and O–H groups in total. The Morgan fingerprint density at radius 3 is 2.82 bits per heavy atom. The Balaban J connectivity index is 2.66. The van der Waals surface area contributed by atoms with E-state index in [1.54, 1.807) is 0 Å². The predicted molar refractivity (Wildman–Crippen MR) is 68.6 cm³/mol. The quantitative estimate of drug-likeness (QED) is 0.345. The van der Waals surface area contributed by atoms with E-state index in [0.29, 0.717) is 6.42 Å². The summed E-state index contributed by atoms with van der Waals surface area (Å²) in [5.41, 5.74) is 6.72. The SMILES string of the molecule is CCc1cccc(OC(CC)C/C(N)=N/O)c1. The van der Waals surface area contributed by atoms with Gasteiger partial charge in [0.2, 0.25) is 0 Å². The number of ether oxygens (including phenoxy) is 1. The topological polar surface area (TPSA) is 67.8 Å². The van der Waals surface area contributed by atoms with Gasteiger partial charge in [0.15, 0.2) is 0 Å². The first kappa shape index (κ1) is 13.4. The van der Waals surface area contributed by atoms with Gasteiger partial charge in [0.25, 0.3) is 0 Å². The van der Waals surface area contributed by atoms with Crippen LogP contribution < -0.4 is 10.5 Å². The Hall–Kier alpha value is -1.71. The van der Waals surface area contributed by atoms with Gasteiger partial charge in [-0.1, -0.05) is 31.1 Å². The summed E-state index contributed by atoms with van der Waals surface area (Å²) in [6.45, 7) is 4.12. The van der Waals surface area contributed by atoms with Crippen LogP contribution >= 0.6 is 0 Å². The van der Waals surface area contributed by atoms with E-state index in [1.807, 2.05) is 25.1 Å². The minimum atomic E-state index is -0.0574. The van der Waals surface area contributed by atoms with Crippen LogP contribution in [-0.4, -0.2) is 17.1 Å². The average molecular weight is 236 g/mol. The number of amidine groups is 1. The highest BCUT2D eigenvalue weighted by molar-refractivity contribution is 5.80. The lowest BCUT2D eigenvalue weighted by molar-refractivity contribution is 0.202. The Labute approximate surface area is 102 Å². The molecule has 4 nitrogen and oxygen atoms in total. The lowest BCUT2D eigenvalue weighted by Gasteiger charge is -2.17. The van der Waals surface area contributed by atoms with Crippen LogP contribution in [0.5, 0.6) is 5.75 Å². The molecule has 0 aliphatic heterocycles. The van der Waals surface area contributed by atoms with E-state index < -0.39 is 0 Å². The van der Waals surface area contributed by atoms with Crippen molar-refractivity contribution < 1.29 is 9.94 Å². The van der Waals surface area contributed by atoms with Crippen molar-refractivity contribution in [2.24, 2.45) is 10.9 Å². The minimum absolute atomic E-state index is 0.0574. The molecule has 17 heavy (non-hydrogen) atoms. The van der Waals surface area contributed by atoms with Gasteiger partial charge in [0.05, 0.1) is 0 Å². The fraction of sp³-hybridized carbons (Fsp3) is 0.462. The van der Waals surface area contributed by atoms with Gasteiger partial charge < -0.3 is 15.7 Å². The van der Waals surface area contributed by atoms with Crippen LogP contribution in [-0.2, 0) is 6.42 Å². The number of hydrogen-bond donors (Lipinski definition) is 2. The molecular weight excluding hydrogens is 216 g/mol. The fourth-order valence-electron chi connectivity index (χ4n) is 1.57. The largest absolute Gasteiger partial charge is 0.490 e. The summed E-state index contributed by atoms with van der Waals surface area (Å²) in [6.07, 6.45) is 2.17. The Bertz CT molecular complexity index is 377. The van der Waals surface area contributed by atoms with Crippen molar-refractivity contribution in [3.63, 3.8) is 0 Å². The molecule has 0 saturated heterocycles. The smallest absolute Gasteiger partial charge is 0.142 e. The zero-order valence-corrected chi connectivity index (χ0v) is 10.4. The highest BCUT2D eigenvalue weighted by Gasteiger charge is 2.10. The first-order chi connectivity index (χ1) is 8.19. The van der Waals surface area contributed by atoms with Crippen LogP contribution in [0.4, 0.5) is 0 Å². The van der Waals surface area contributed by atoms with Crippen molar-refractivity contribution in [3.05, 3.63) is 29.8 Å².